The molecule has 2 N–H and O–H groups in total. The maximum atomic E-state index is 6.15. The summed E-state index contributed by atoms with van der Waals surface area (Å²) in [6.45, 7) is 13.6. The van der Waals surface area contributed by atoms with Crippen molar-refractivity contribution in [2.45, 2.75) is 59.0 Å². The Morgan fingerprint density at radius 1 is 1.17 bits per heavy atom. The molecule has 0 fully saturated rings. The normalized spacial score (nSPS) is 17.0. The van der Waals surface area contributed by atoms with Crippen LogP contribution in [0.3, 0.4) is 0 Å². The Morgan fingerprint density at radius 3 is 2.39 bits per heavy atom. The van der Waals surface area contributed by atoms with Crippen LogP contribution in [0.2, 0.25) is 0 Å². The molecule has 0 aliphatic carbocycles. The van der Waals surface area contributed by atoms with Gasteiger partial charge >= 0.3 is 0 Å². The molecule has 0 amide bonds. The van der Waals surface area contributed by atoms with Crippen molar-refractivity contribution in [1.29, 1.82) is 0 Å². The Hall–Kier alpha value is -1.02. The Bertz CT molecular complexity index is 441. The summed E-state index contributed by atoms with van der Waals surface area (Å²) in [6.07, 6.45) is 1.08. The van der Waals surface area contributed by atoms with Gasteiger partial charge in [0.1, 0.15) is 0 Å². The lowest BCUT2D eigenvalue weighted by atomic mass is 9.87. The first-order valence-electron chi connectivity index (χ1n) is 6.96. The summed E-state index contributed by atoms with van der Waals surface area (Å²) < 4.78 is 0. The number of benzene rings is 1. The minimum Gasteiger partial charge on any atom is -0.398 e. The van der Waals surface area contributed by atoms with Gasteiger partial charge in [0.2, 0.25) is 0 Å². The van der Waals surface area contributed by atoms with Gasteiger partial charge in [0, 0.05) is 24.3 Å². The molecule has 1 heterocycles. The van der Waals surface area contributed by atoms with Crippen molar-refractivity contribution in [3.63, 3.8) is 0 Å². The topological polar surface area (TPSA) is 29.3 Å². The number of anilines is 1. The van der Waals surface area contributed by atoms with E-state index in [9.17, 15) is 0 Å². The van der Waals surface area contributed by atoms with Crippen molar-refractivity contribution in [3.8, 4) is 0 Å². The molecule has 1 aliphatic rings. The summed E-state index contributed by atoms with van der Waals surface area (Å²) >= 11 is 0. The minimum atomic E-state index is 0.233. The van der Waals surface area contributed by atoms with Crippen LogP contribution in [0.5, 0.6) is 0 Å². The highest BCUT2D eigenvalue weighted by Gasteiger charge is 2.28. The number of nitrogens with two attached hydrogens (primary N) is 1. The van der Waals surface area contributed by atoms with E-state index < -0.39 is 0 Å². The third-order valence-electron chi connectivity index (χ3n) is 4.06. The largest absolute Gasteiger partial charge is 0.398 e. The van der Waals surface area contributed by atoms with Crippen LogP contribution in [0.4, 0.5) is 5.69 Å². The Morgan fingerprint density at radius 2 is 1.83 bits per heavy atom. The maximum Gasteiger partial charge on any atom is 0.0350 e. The van der Waals surface area contributed by atoms with Crippen molar-refractivity contribution in [3.05, 3.63) is 28.8 Å². The second-order valence-electron chi connectivity index (χ2n) is 6.70. The molecule has 0 radical (unpaired) electrons. The number of rotatable bonds is 1. The molecule has 0 spiro atoms. The lowest BCUT2D eigenvalue weighted by Gasteiger charge is -2.40. The van der Waals surface area contributed by atoms with Crippen molar-refractivity contribution in [1.82, 2.24) is 4.90 Å². The molecule has 1 aromatic rings. The summed E-state index contributed by atoms with van der Waals surface area (Å²) in [5, 5.41) is 0. The zero-order valence-electron chi connectivity index (χ0n) is 12.4. The van der Waals surface area contributed by atoms with E-state index in [4.69, 9.17) is 5.73 Å². The van der Waals surface area contributed by atoms with Gasteiger partial charge in [-0.25, -0.2) is 0 Å². The molecule has 1 aliphatic heterocycles. The zero-order valence-corrected chi connectivity index (χ0v) is 12.4. The van der Waals surface area contributed by atoms with E-state index in [1.54, 1.807) is 0 Å². The predicted molar refractivity (Wildman–Crippen MR) is 78.8 cm³/mol. The highest BCUT2D eigenvalue weighted by atomic mass is 15.2. The van der Waals surface area contributed by atoms with Gasteiger partial charge in [-0.1, -0.05) is 19.9 Å². The van der Waals surface area contributed by atoms with Crippen LogP contribution in [0, 0.1) is 0 Å². The van der Waals surface area contributed by atoms with Crippen molar-refractivity contribution >= 4 is 5.69 Å². The van der Waals surface area contributed by atoms with Crippen LogP contribution < -0.4 is 5.73 Å². The van der Waals surface area contributed by atoms with Gasteiger partial charge in [-0.2, -0.15) is 0 Å². The molecule has 2 heteroatoms. The number of hydrogen-bond acceptors (Lipinski definition) is 2. The Balaban J connectivity index is 2.43. The monoisotopic (exact) mass is 246 g/mol. The van der Waals surface area contributed by atoms with Crippen LogP contribution >= 0.6 is 0 Å². The van der Waals surface area contributed by atoms with Crippen LogP contribution in [0.1, 0.15) is 57.2 Å². The summed E-state index contributed by atoms with van der Waals surface area (Å²) in [5.41, 5.74) is 11.7. The quantitative estimate of drug-likeness (QED) is 0.768. The van der Waals surface area contributed by atoms with Gasteiger partial charge in [-0.3, -0.25) is 4.90 Å². The van der Waals surface area contributed by atoms with E-state index >= 15 is 0 Å². The first-order chi connectivity index (χ1) is 8.30. The minimum absolute atomic E-state index is 0.233. The van der Waals surface area contributed by atoms with E-state index in [1.807, 2.05) is 0 Å². The first kappa shape index (κ1) is 13.4. The molecule has 100 valence electrons. The number of nitrogens with zero attached hydrogens (tertiary/aromatic N) is 1. The molecule has 0 aromatic heterocycles. The molecule has 1 aromatic carbocycles. The molecule has 0 unspecified atom stereocenters. The molecule has 0 atom stereocenters. The van der Waals surface area contributed by atoms with E-state index in [1.165, 1.54) is 16.7 Å². The van der Waals surface area contributed by atoms with Gasteiger partial charge in [0.15, 0.2) is 0 Å². The average molecular weight is 246 g/mol. The van der Waals surface area contributed by atoms with Crippen LogP contribution in [0.25, 0.3) is 0 Å². The second kappa shape index (κ2) is 4.58. The number of nitrogen functional groups attached to an aromatic ring is 1. The average Bonchev–Trinajstić information content (AvgIpc) is 2.27. The van der Waals surface area contributed by atoms with Gasteiger partial charge < -0.3 is 5.73 Å². The van der Waals surface area contributed by atoms with E-state index in [0.29, 0.717) is 5.92 Å². The molecule has 2 nitrogen and oxygen atoms in total. The molecule has 0 bridgehead atoms. The van der Waals surface area contributed by atoms with Crippen LogP contribution in [0.15, 0.2) is 12.1 Å². The summed E-state index contributed by atoms with van der Waals surface area (Å²) in [5.74, 6) is 0.569. The smallest absolute Gasteiger partial charge is 0.0350 e. The lowest BCUT2D eigenvalue weighted by molar-refractivity contribution is 0.120. The van der Waals surface area contributed by atoms with Gasteiger partial charge in [0.25, 0.3) is 0 Å². The summed E-state index contributed by atoms with van der Waals surface area (Å²) in [7, 11) is 0. The fourth-order valence-electron chi connectivity index (χ4n) is 2.84. The SMILES string of the molecule is CC(C)c1ccc(N)c2c1CN(C(C)(C)C)CC2. The molecule has 0 saturated heterocycles. The third-order valence-corrected chi connectivity index (χ3v) is 4.06. The van der Waals surface area contributed by atoms with Crippen molar-refractivity contribution in [2.24, 2.45) is 0 Å². The number of fused-ring (bicyclic) bond motifs is 1. The first-order valence-corrected chi connectivity index (χ1v) is 6.96. The summed E-state index contributed by atoms with van der Waals surface area (Å²) in [4.78, 5) is 2.56. The van der Waals surface area contributed by atoms with E-state index in [-0.39, 0.29) is 5.54 Å². The predicted octanol–water partition coefficient (Wildman–Crippen LogP) is 3.55. The van der Waals surface area contributed by atoms with Crippen molar-refractivity contribution in [2.75, 3.05) is 12.3 Å². The third kappa shape index (κ3) is 2.39. The highest BCUT2D eigenvalue weighted by Crippen LogP contribution is 2.33. The molecule has 0 saturated carbocycles. The maximum absolute atomic E-state index is 6.15. The number of hydrogen-bond donors (Lipinski definition) is 1. The second-order valence-corrected chi connectivity index (χ2v) is 6.70. The van der Waals surface area contributed by atoms with Crippen molar-refractivity contribution < 1.29 is 0 Å². The lowest BCUT2D eigenvalue weighted by Crippen LogP contribution is -2.44. The standard InChI is InChI=1S/C16H26N2/c1-11(2)12-6-7-15(17)13-8-9-18(10-14(12)13)16(3,4)5/h6-7,11H,8-10,17H2,1-5H3. The Labute approximate surface area is 111 Å². The fraction of sp³-hybridized carbons (Fsp3) is 0.625. The van der Waals surface area contributed by atoms with Gasteiger partial charge in [0.05, 0.1) is 0 Å². The van der Waals surface area contributed by atoms with E-state index in [2.05, 4.69) is 51.7 Å². The van der Waals surface area contributed by atoms with Crippen LogP contribution in [-0.4, -0.2) is 17.0 Å². The molecule has 18 heavy (non-hydrogen) atoms. The molecule has 2 rings (SSSR count). The van der Waals surface area contributed by atoms with Gasteiger partial charge in [-0.05, 0) is 55.9 Å². The fourth-order valence-corrected chi connectivity index (χ4v) is 2.84. The molecular weight excluding hydrogens is 220 g/mol. The zero-order chi connectivity index (χ0) is 13.5. The Kier molecular flexibility index (Phi) is 3.41. The molecular formula is C16H26N2. The highest BCUT2D eigenvalue weighted by molar-refractivity contribution is 5.55. The van der Waals surface area contributed by atoms with E-state index in [0.717, 1.165) is 25.2 Å². The van der Waals surface area contributed by atoms with Gasteiger partial charge in [-0.15, -0.1) is 0 Å². The summed E-state index contributed by atoms with van der Waals surface area (Å²) in [6, 6.07) is 4.30. The van der Waals surface area contributed by atoms with Crippen LogP contribution in [-0.2, 0) is 13.0 Å².